The lowest BCUT2D eigenvalue weighted by Crippen LogP contribution is -2.18. The van der Waals surface area contributed by atoms with Crippen molar-refractivity contribution in [1.82, 2.24) is 10.3 Å². The number of nitrogens with zero attached hydrogens (tertiary/aromatic N) is 1. The minimum absolute atomic E-state index is 0. The van der Waals surface area contributed by atoms with E-state index in [0.717, 1.165) is 11.3 Å². The standard InChI is InChI=1S/C9H12N2O.C2H6.H2/c1-7-3-4-9(5-10-7)6-11-8(2)12;1-2;/h3-5H,6H2,1-2H3,(H,11,12);1-2H3;1H. The molecule has 3 nitrogen and oxygen atoms in total. The quantitative estimate of drug-likeness (QED) is 0.788. The fraction of sp³-hybridized carbons (Fsp3) is 0.455. The smallest absolute Gasteiger partial charge is 0.217 e. The number of aryl methyl sites for hydroxylation is 1. The van der Waals surface area contributed by atoms with Crippen LogP contribution in [0.25, 0.3) is 0 Å². The summed E-state index contributed by atoms with van der Waals surface area (Å²) < 4.78 is 0. The predicted octanol–water partition coefficient (Wildman–Crippen LogP) is 2.30. The molecule has 1 rings (SSSR count). The van der Waals surface area contributed by atoms with Crippen molar-refractivity contribution >= 4 is 5.91 Å². The highest BCUT2D eigenvalue weighted by Crippen LogP contribution is 1.97. The first kappa shape index (κ1) is 12.6. The Morgan fingerprint density at radius 1 is 1.50 bits per heavy atom. The Morgan fingerprint density at radius 3 is 2.57 bits per heavy atom. The van der Waals surface area contributed by atoms with Gasteiger partial charge in [0.1, 0.15) is 0 Å². The Balaban J connectivity index is 0. The van der Waals surface area contributed by atoms with E-state index >= 15 is 0 Å². The van der Waals surface area contributed by atoms with Gasteiger partial charge in [0.15, 0.2) is 0 Å². The van der Waals surface area contributed by atoms with E-state index in [-0.39, 0.29) is 7.33 Å². The van der Waals surface area contributed by atoms with E-state index in [1.165, 1.54) is 6.92 Å². The Kier molecular flexibility index (Phi) is 6.37. The van der Waals surface area contributed by atoms with Crippen molar-refractivity contribution in [3.63, 3.8) is 0 Å². The second-order valence-corrected chi connectivity index (χ2v) is 2.72. The van der Waals surface area contributed by atoms with E-state index < -0.39 is 0 Å². The molecule has 1 heterocycles. The van der Waals surface area contributed by atoms with Gasteiger partial charge in [-0.05, 0) is 18.6 Å². The van der Waals surface area contributed by atoms with Gasteiger partial charge in [-0.15, -0.1) is 0 Å². The maximum Gasteiger partial charge on any atom is 0.217 e. The van der Waals surface area contributed by atoms with Crippen LogP contribution < -0.4 is 5.32 Å². The van der Waals surface area contributed by atoms with Gasteiger partial charge in [0.05, 0.1) is 0 Å². The predicted molar refractivity (Wildman–Crippen MR) is 60.0 cm³/mol. The molecule has 14 heavy (non-hydrogen) atoms. The van der Waals surface area contributed by atoms with Crippen LogP contribution in [0.15, 0.2) is 18.3 Å². The van der Waals surface area contributed by atoms with Gasteiger partial charge in [0, 0.05) is 26.8 Å². The number of pyridine rings is 1. The Morgan fingerprint density at radius 2 is 2.14 bits per heavy atom. The van der Waals surface area contributed by atoms with Crippen LogP contribution in [0.1, 0.15) is 33.5 Å². The van der Waals surface area contributed by atoms with Crippen molar-refractivity contribution < 1.29 is 6.22 Å². The molecule has 0 aromatic carbocycles. The van der Waals surface area contributed by atoms with Gasteiger partial charge in [-0.3, -0.25) is 9.78 Å². The van der Waals surface area contributed by atoms with Crippen LogP contribution >= 0.6 is 0 Å². The third kappa shape index (κ3) is 5.30. The topological polar surface area (TPSA) is 42.0 Å². The van der Waals surface area contributed by atoms with Crippen LogP contribution in [-0.4, -0.2) is 10.9 Å². The molecule has 0 saturated heterocycles. The fourth-order valence-electron chi connectivity index (χ4n) is 0.830. The lowest BCUT2D eigenvalue weighted by atomic mass is 10.2. The number of carbonyl (C=O) groups is 1. The molecule has 0 bridgehead atoms. The molecule has 0 radical (unpaired) electrons. The van der Waals surface area contributed by atoms with Crippen molar-refractivity contribution in [2.75, 3.05) is 0 Å². The molecular formula is C11H20N2O. The number of nitrogens with one attached hydrogen (secondary N) is 1. The molecule has 1 aromatic rings. The zero-order valence-corrected chi connectivity index (χ0v) is 9.29. The molecule has 1 N–H and O–H groups in total. The number of amides is 1. The molecule has 0 aliphatic heterocycles. The largest absolute Gasteiger partial charge is 0.352 e. The minimum atomic E-state index is -0.0180. The van der Waals surface area contributed by atoms with Gasteiger partial charge in [-0.1, -0.05) is 19.9 Å². The lowest BCUT2D eigenvalue weighted by molar-refractivity contribution is -0.119. The summed E-state index contributed by atoms with van der Waals surface area (Å²) in [6.07, 6.45) is 1.77. The Labute approximate surface area is 87.0 Å². The number of hydrogen-bond donors (Lipinski definition) is 1. The number of carbonyl (C=O) groups excluding carboxylic acids is 1. The second-order valence-electron chi connectivity index (χ2n) is 2.72. The van der Waals surface area contributed by atoms with Gasteiger partial charge in [0.2, 0.25) is 5.91 Å². The third-order valence-corrected chi connectivity index (χ3v) is 1.51. The van der Waals surface area contributed by atoms with Crippen LogP contribution in [0.4, 0.5) is 0 Å². The van der Waals surface area contributed by atoms with Crippen LogP contribution in [0, 0.1) is 6.92 Å². The molecule has 80 valence electrons. The molecule has 0 fully saturated rings. The van der Waals surface area contributed by atoms with E-state index in [2.05, 4.69) is 10.3 Å². The molecule has 0 atom stereocenters. The van der Waals surface area contributed by atoms with E-state index in [4.69, 9.17) is 0 Å². The molecule has 0 spiro atoms. The first-order valence-corrected chi connectivity index (χ1v) is 4.84. The van der Waals surface area contributed by atoms with E-state index in [0.29, 0.717) is 6.54 Å². The number of hydrogen-bond acceptors (Lipinski definition) is 2. The summed E-state index contributed by atoms with van der Waals surface area (Å²) >= 11 is 0. The first-order chi connectivity index (χ1) is 6.68. The van der Waals surface area contributed by atoms with Crippen LogP contribution in [0.5, 0.6) is 0 Å². The Hall–Kier alpha value is -1.38. The molecule has 1 aromatic heterocycles. The highest BCUT2D eigenvalue weighted by atomic mass is 16.1. The molecule has 0 aliphatic rings. The normalized spacial score (nSPS) is 8.57. The van der Waals surface area contributed by atoms with Crippen molar-refractivity contribution in [2.24, 2.45) is 0 Å². The minimum Gasteiger partial charge on any atom is -0.352 e. The fourth-order valence-corrected chi connectivity index (χ4v) is 0.830. The zero-order chi connectivity index (χ0) is 11.0. The summed E-state index contributed by atoms with van der Waals surface area (Å²) in [7, 11) is 0. The molecule has 0 aliphatic carbocycles. The van der Waals surface area contributed by atoms with Crippen LogP contribution in [0.3, 0.4) is 0 Å². The van der Waals surface area contributed by atoms with Crippen LogP contribution in [-0.2, 0) is 11.3 Å². The lowest BCUT2D eigenvalue weighted by Gasteiger charge is -2.01. The summed E-state index contributed by atoms with van der Waals surface area (Å²) in [6, 6.07) is 3.88. The highest BCUT2D eigenvalue weighted by molar-refractivity contribution is 5.72. The van der Waals surface area contributed by atoms with Gasteiger partial charge < -0.3 is 5.32 Å². The monoisotopic (exact) mass is 196 g/mol. The third-order valence-electron chi connectivity index (χ3n) is 1.51. The van der Waals surface area contributed by atoms with Gasteiger partial charge in [-0.2, -0.15) is 0 Å². The average Bonchev–Trinajstić information content (AvgIpc) is 2.20. The molecular weight excluding hydrogens is 176 g/mol. The second kappa shape index (κ2) is 7.06. The van der Waals surface area contributed by atoms with Crippen molar-refractivity contribution in [3.05, 3.63) is 29.6 Å². The van der Waals surface area contributed by atoms with Crippen molar-refractivity contribution in [2.45, 2.75) is 34.2 Å². The van der Waals surface area contributed by atoms with Gasteiger partial charge in [-0.25, -0.2) is 0 Å². The summed E-state index contributed by atoms with van der Waals surface area (Å²) in [6.45, 7) is 7.99. The van der Waals surface area contributed by atoms with Crippen molar-refractivity contribution in [1.29, 1.82) is 0 Å². The van der Waals surface area contributed by atoms with E-state index in [1.807, 2.05) is 32.9 Å². The maximum atomic E-state index is 10.6. The summed E-state index contributed by atoms with van der Waals surface area (Å²) in [5.74, 6) is -0.0180. The average molecular weight is 196 g/mol. The number of rotatable bonds is 2. The van der Waals surface area contributed by atoms with Gasteiger partial charge in [0.25, 0.3) is 0 Å². The van der Waals surface area contributed by atoms with Crippen LogP contribution in [0.2, 0.25) is 0 Å². The highest BCUT2D eigenvalue weighted by Gasteiger charge is 1.93. The molecule has 3 heteroatoms. The summed E-state index contributed by atoms with van der Waals surface area (Å²) in [5, 5.41) is 2.70. The van der Waals surface area contributed by atoms with Crippen molar-refractivity contribution in [3.8, 4) is 0 Å². The summed E-state index contributed by atoms with van der Waals surface area (Å²) in [4.78, 5) is 14.7. The molecule has 0 unspecified atom stereocenters. The summed E-state index contributed by atoms with van der Waals surface area (Å²) in [5.41, 5.74) is 2.01. The first-order valence-electron chi connectivity index (χ1n) is 4.84. The van der Waals surface area contributed by atoms with Gasteiger partial charge >= 0.3 is 0 Å². The molecule has 0 saturated carbocycles. The molecule has 1 amide bonds. The number of aromatic nitrogens is 1. The SMILES string of the molecule is CC.CC(=O)NCc1ccc(C)nc1.[HH]. The van der Waals surface area contributed by atoms with E-state index in [1.54, 1.807) is 6.20 Å². The Bertz CT molecular complexity index is 272. The maximum absolute atomic E-state index is 10.6. The van der Waals surface area contributed by atoms with E-state index in [9.17, 15) is 4.79 Å². The zero-order valence-electron chi connectivity index (χ0n) is 9.29.